The molecule has 68 heavy (non-hydrogen) atoms. The van der Waals surface area contributed by atoms with E-state index in [-0.39, 0.29) is 34.1 Å². The highest BCUT2D eigenvalue weighted by molar-refractivity contribution is 7.46. The Hall–Kier alpha value is -4.85. The van der Waals surface area contributed by atoms with Crippen molar-refractivity contribution in [3.05, 3.63) is 62.4 Å². The molecule has 376 valence electrons. The second-order valence-electron chi connectivity index (χ2n) is 14.4. The second-order valence-corrected chi connectivity index (χ2v) is 18.1. The average Bonchev–Trinajstić information content (AvgIpc) is 4.05. The predicted molar refractivity (Wildman–Crippen MR) is 215 cm³/mol. The standard InChI is InChI=1S/C10H14N5O8P.C10H13N4O8P.C9H14N3O8P/c11-10-13-7-4(8(18)14-10)12-2-15(7)9-6(17)5(16)3(23-9)1-22-24(19,20)21;15-6-4(1-21-23(18,19)20)22-10(7(6)16)14-3-13-5-8(14)11-2-12-9(5)17;10-5-1-2-12(9(15)11-5)8-7(14)6(13)4(20-8)3-19-21(16,17)18/h2-3,5-6,9,16-17H,1H2,(H2,19,20,21)(H3,11,13,14,18);2-4,6-7,10,15-16H,1H2,(H,11,12,17)(H2,18,19,20);1-2,4,6-8,13-14H,3H2,(H2,10,11,15)(H2,16,17,18)/t3-,5-,6-,9-;4-,6-,7-,10-;4-,6-,7-,8-/m111/s1. The van der Waals surface area contributed by atoms with Crippen LogP contribution in [-0.2, 0) is 41.5 Å². The number of fused-ring (bicyclic) bond motifs is 2. The normalized spacial score (nSPS) is 28.6. The number of aromatic amines is 2. The molecule has 39 heteroatoms. The summed E-state index contributed by atoms with van der Waals surface area (Å²) in [6.07, 6.45) is -11.3. The van der Waals surface area contributed by atoms with Crippen LogP contribution in [0, 0.1) is 0 Å². The molecule has 8 heterocycles. The van der Waals surface area contributed by atoms with Gasteiger partial charge in [-0.3, -0.25) is 41.8 Å². The Morgan fingerprint density at radius 2 is 1.00 bits per heavy atom. The molecule has 8 rings (SSSR count). The Bertz CT molecular complexity index is 2900. The zero-order chi connectivity index (χ0) is 50.2. The molecule has 0 unspecified atom stereocenters. The zero-order valence-electron chi connectivity index (χ0n) is 33.8. The fourth-order valence-electron chi connectivity index (χ4n) is 6.60. The van der Waals surface area contributed by atoms with Crippen molar-refractivity contribution in [2.24, 2.45) is 0 Å². The van der Waals surface area contributed by atoms with Gasteiger partial charge in [0.05, 0.1) is 38.8 Å². The number of ether oxygens (including phenoxy) is 3. The van der Waals surface area contributed by atoms with E-state index in [0.29, 0.717) is 0 Å². The number of nitrogens with zero attached hydrogens (tertiary/aromatic N) is 8. The molecule has 0 aliphatic carbocycles. The number of hydrogen-bond acceptors (Lipinski definition) is 25. The van der Waals surface area contributed by atoms with E-state index in [2.05, 4.69) is 48.5 Å². The molecule has 0 amide bonds. The average molecular weight is 1030 g/mol. The van der Waals surface area contributed by atoms with Gasteiger partial charge >= 0.3 is 29.2 Å². The highest BCUT2D eigenvalue weighted by Gasteiger charge is 2.47. The lowest BCUT2D eigenvalue weighted by Crippen LogP contribution is -2.36. The molecule has 3 aliphatic rings. The van der Waals surface area contributed by atoms with E-state index in [9.17, 15) is 58.7 Å². The fourth-order valence-corrected chi connectivity index (χ4v) is 7.62. The lowest BCUT2D eigenvalue weighted by molar-refractivity contribution is -0.0542. The first kappa shape index (κ1) is 52.5. The summed E-state index contributed by atoms with van der Waals surface area (Å²) in [6, 6.07) is 1.29. The molecule has 0 saturated carbocycles. The van der Waals surface area contributed by atoms with Crippen LogP contribution in [0.5, 0.6) is 0 Å². The van der Waals surface area contributed by atoms with Gasteiger partial charge in [-0.15, -0.1) is 0 Å². The molecule has 3 fully saturated rings. The summed E-state index contributed by atoms with van der Waals surface area (Å²) in [5.74, 6) is -0.200. The summed E-state index contributed by atoms with van der Waals surface area (Å²) in [4.78, 5) is 111. The summed E-state index contributed by atoms with van der Waals surface area (Å²) in [7, 11) is -14.2. The van der Waals surface area contributed by atoms with Crippen molar-refractivity contribution in [1.29, 1.82) is 0 Å². The number of phosphoric ester groups is 3. The van der Waals surface area contributed by atoms with Gasteiger partial charge in [-0.05, 0) is 6.07 Å². The zero-order valence-corrected chi connectivity index (χ0v) is 36.5. The second kappa shape index (κ2) is 20.6. The van der Waals surface area contributed by atoms with E-state index in [1.54, 1.807) is 0 Å². The third-order valence-corrected chi connectivity index (χ3v) is 11.2. The molecule has 0 bridgehead atoms. The van der Waals surface area contributed by atoms with Crippen molar-refractivity contribution in [2.45, 2.75) is 73.6 Å². The monoisotopic (exact) mass is 1030 g/mol. The number of nitrogens with one attached hydrogen (secondary N) is 2. The van der Waals surface area contributed by atoms with Crippen LogP contribution >= 0.6 is 23.5 Å². The first-order chi connectivity index (χ1) is 31.6. The number of nitrogen functional groups attached to an aromatic ring is 2. The molecule has 0 radical (unpaired) electrons. The van der Waals surface area contributed by atoms with Crippen molar-refractivity contribution in [3.8, 4) is 0 Å². The topological polar surface area (TPSA) is 563 Å². The maximum Gasteiger partial charge on any atom is 0.469 e. The van der Waals surface area contributed by atoms with Gasteiger partial charge in [-0.2, -0.15) is 9.97 Å². The van der Waals surface area contributed by atoms with E-state index in [1.807, 2.05) is 0 Å². The number of phosphoric acid groups is 3. The van der Waals surface area contributed by atoms with Crippen LogP contribution < -0.4 is 28.3 Å². The number of H-pyrrole nitrogens is 2. The maximum atomic E-state index is 11.7. The van der Waals surface area contributed by atoms with E-state index in [4.69, 9.17) is 55.0 Å². The van der Waals surface area contributed by atoms with Crippen molar-refractivity contribution in [3.63, 3.8) is 0 Å². The summed E-state index contributed by atoms with van der Waals surface area (Å²) in [5, 5.41) is 59.7. The van der Waals surface area contributed by atoms with Crippen LogP contribution in [0.1, 0.15) is 18.7 Å². The molecule has 3 saturated heterocycles. The molecule has 5 aromatic heterocycles. The summed E-state index contributed by atoms with van der Waals surface area (Å²) in [6.45, 7) is -1.93. The van der Waals surface area contributed by atoms with Crippen LogP contribution in [0.4, 0.5) is 11.8 Å². The van der Waals surface area contributed by atoms with Crippen molar-refractivity contribution < 1.29 is 101 Å². The molecule has 0 aromatic carbocycles. The summed E-state index contributed by atoms with van der Waals surface area (Å²) < 4.78 is 64.1. The van der Waals surface area contributed by atoms with Gasteiger partial charge in [0, 0.05) is 6.20 Å². The maximum absolute atomic E-state index is 11.7. The lowest BCUT2D eigenvalue weighted by atomic mass is 10.1. The largest absolute Gasteiger partial charge is 0.469 e. The molecule has 3 aliphatic heterocycles. The minimum atomic E-state index is -4.76. The van der Waals surface area contributed by atoms with Crippen LogP contribution in [0.15, 0.2) is 45.6 Å². The third-order valence-electron chi connectivity index (χ3n) is 9.72. The number of rotatable bonds is 12. The minimum absolute atomic E-state index is 0.0176. The van der Waals surface area contributed by atoms with E-state index >= 15 is 0 Å². The number of hydrogen-bond donors (Lipinski definition) is 16. The van der Waals surface area contributed by atoms with Crippen LogP contribution in [0.25, 0.3) is 22.3 Å². The van der Waals surface area contributed by atoms with Gasteiger partial charge in [0.1, 0.15) is 60.8 Å². The van der Waals surface area contributed by atoms with Gasteiger partial charge in [-0.25, -0.2) is 33.4 Å². The predicted octanol–water partition coefficient (Wildman–Crippen LogP) is -7.17. The van der Waals surface area contributed by atoms with E-state index in [0.717, 1.165) is 10.9 Å². The van der Waals surface area contributed by atoms with E-state index in [1.165, 1.54) is 34.1 Å². The smallest absolute Gasteiger partial charge is 0.387 e. The van der Waals surface area contributed by atoms with Gasteiger partial charge in [-0.1, -0.05) is 0 Å². The molecular weight excluding hydrogens is 993 g/mol. The highest BCUT2D eigenvalue weighted by Crippen LogP contribution is 2.41. The van der Waals surface area contributed by atoms with Gasteiger partial charge in [0.15, 0.2) is 41.0 Å². The minimum Gasteiger partial charge on any atom is -0.387 e. The Morgan fingerprint density at radius 3 is 1.43 bits per heavy atom. The lowest BCUT2D eigenvalue weighted by Gasteiger charge is -2.16. The first-order valence-electron chi connectivity index (χ1n) is 18.8. The number of imidazole rings is 2. The van der Waals surface area contributed by atoms with Crippen molar-refractivity contribution in [1.82, 2.24) is 48.6 Å². The van der Waals surface area contributed by atoms with Crippen molar-refractivity contribution >= 4 is 57.6 Å². The van der Waals surface area contributed by atoms with Gasteiger partial charge in [0.25, 0.3) is 11.1 Å². The molecule has 36 nitrogen and oxygen atoms in total. The molecular formula is C29H41N12O24P3. The Balaban J connectivity index is 0.000000168. The molecule has 0 spiro atoms. The van der Waals surface area contributed by atoms with E-state index < -0.39 is 134 Å². The molecule has 5 aromatic rings. The van der Waals surface area contributed by atoms with Gasteiger partial charge in [0.2, 0.25) is 5.95 Å². The Labute approximate surface area is 374 Å². The first-order valence-corrected chi connectivity index (χ1v) is 23.4. The summed E-state index contributed by atoms with van der Waals surface area (Å²) in [5.41, 5.74) is 9.03. The fraction of sp³-hybridized carbons (Fsp3) is 0.517. The molecule has 12 atom stereocenters. The SMILES string of the molecule is Nc1ccn([C@@H]2O[C@H](COP(=O)(O)O)[C@@H](O)[C@H]2O)c(=O)n1.Nc1nc2c(ncn2[C@@H]2O[C@H](COP(=O)(O)O)[C@@H](O)[C@H]2O)c(=O)[nH]1.O=c1[nH]cnc2c1ncn2[C@@H]1O[C@H](COP(=O)(O)O)[C@@H](O)[C@H]1O. The third kappa shape index (κ3) is 12.3. The van der Waals surface area contributed by atoms with Crippen LogP contribution in [0.2, 0.25) is 0 Å². The van der Waals surface area contributed by atoms with Crippen molar-refractivity contribution in [2.75, 3.05) is 31.3 Å². The number of aliphatic hydroxyl groups excluding tert-OH is 6. The summed E-state index contributed by atoms with van der Waals surface area (Å²) >= 11 is 0. The van der Waals surface area contributed by atoms with Crippen LogP contribution in [0.3, 0.4) is 0 Å². The Morgan fingerprint density at radius 1 is 0.588 bits per heavy atom. The highest BCUT2D eigenvalue weighted by atomic mass is 31.2. The van der Waals surface area contributed by atoms with Gasteiger partial charge < -0.3 is 90.7 Å². The van der Waals surface area contributed by atoms with Crippen LogP contribution in [-0.4, -0.2) is 183 Å². The molecule has 18 N–H and O–H groups in total. The Kier molecular flexibility index (Phi) is 15.9. The quantitative estimate of drug-likeness (QED) is 0.0516. The number of anilines is 2. The number of nitrogens with two attached hydrogens (primary N) is 2. The number of aromatic nitrogens is 10. The number of aliphatic hydroxyl groups is 6.